The van der Waals surface area contributed by atoms with E-state index in [1.165, 1.54) is 7.11 Å². The number of carbonyl (C=O) groups is 2. The molecule has 0 aliphatic carbocycles. The molecule has 0 unspecified atom stereocenters. The summed E-state index contributed by atoms with van der Waals surface area (Å²) in [7, 11) is 1.38. The number of rotatable bonds is 6. The number of hydrogen-bond donors (Lipinski definition) is 1. The second-order valence-corrected chi connectivity index (χ2v) is 10.7. The summed E-state index contributed by atoms with van der Waals surface area (Å²) in [4.78, 5) is 29.7. The highest BCUT2D eigenvalue weighted by Gasteiger charge is 2.25. The lowest BCUT2D eigenvalue weighted by atomic mass is 9.84. The van der Waals surface area contributed by atoms with Crippen molar-refractivity contribution < 1.29 is 19.1 Å². The van der Waals surface area contributed by atoms with E-state index in [0.29, 0.717) is 0 Å². The molecule has 1 amide bonds. The van der Waals surface area contributed by atoms with Crippen molar-refractivity contribution in [2.24, 2.45) is 5.41 Å². The number of carbonyl (C=O) groups excluding carboxylic acids is 2. The smallest absolute Gasteiger partial charge is 0.407 e. The Morgan fingerprint density at radius 1 is 0.970 bits per heavy atom. The molecule has 0 aliphatic rings. The van der Waals surface area contributed by atoms with E-state index < -0.39 is 11.7 Å². The number of methoxy groups -OCH3 is 1. The van der Waals surface area contributed by atoms with Gasteiger partial charge in [-0.05, 0) is 63.1 Å². The molecule has 0 saturated carbocycles. The number of ether oxygens (including phenoxy) is 2. The molecule has 2 aromatic rings. The molecule has 0 saturated heterocycles. The maximum absolute atomic E-state index is 12.5. The maximum atomic E-state index is 12.5. The Morgan fingerprint density at radius 2 is 1.58 bits per heavy atom. The molecule has 33 heavy (non-hydrogen) atoms. The van der Waals surface area contributed by atoms with Gasteiger partial charge in [-0.15, -0.1) is 0 Å². The van der Waals surface area contributed by atoms with Gasteiger partial charge in [0.05, 0.1) is 13.5 Å². The van der Waals surface area contributed by atoms with Crippen molar-refractivity contribution in [2.75, 3.05) is 7.11 Å². The SMILES string of the molecule is COC(=O)Cc1c(C)nc(CC(C)(C)C)c(CNC(=O)OC(C)(C)C)c1-c1ccc(C)cc1. The van der Waals surface area contributed by atoms with E-state index in [9.17, 15) is 9.59 Å². The molecule has 0 atom stereocenters. The quantitative estimate of drug-likeness (QED) is 0.567. The van der Waals surface area contributed by atoms with Gasteiger partial charge in [0, 0.05) is 23.5 Å². The minimum atomic E-state index is -0.598. The first-order valence-corrected chi connectivity index (χ1v) is 11.3. The summed E-state index contributed by atoms with van der Waals surface area (Å²) in [6.07, 6.45) is 0.332. The van der Waals surface area contributed by atoms with Crippen molar-refractivity contribution >= 4 is 12.1 Å². The van der Waals surface area contributed by atoms with Crippen LogP contribution in [-0.4, -0.2) is 29.8 Å². The Bertz CT molecular complexity index is 997. The molecular weight excluding hydrogens is 416 g/mol. The van der Waals surface area contributed by atoms with Gasteiger partial charge in [0.15, 0.2) is 0 Å². The van der Waals surface area contributed by atoms with Crippen molar-refractivity contribution in [1.29, 1.82) is 0 Å². The Kier molecular flexibility index (Phi) is 8.28. The van der Waals surface area contributed by atoms with Gasteiger partial charge < -0.3 is 14.8 Å². The molecule has 1 aromatic heterocycles. The number of aromatic nitrogens is 1. The Balaban J connectivity index is 2.70. The summed E-state index contributed by atoms with van der Waals surface area (Å²) in [5.41, 5.74) is 5.81. The van der Waals surface area contributed by atoms with Crippen LogP contribution in [0.5, 0.6) is 0 Å². The molecule has 0 bridgehead atoms. The first-order valence-electron chi connectivity index (χ1n) is 11.3. The van der Waals surface area contributed by atoms with Crippen LogP contribution in [0.2, 0.25) is 0 Å². The topological polar surface area (TPSA) is 77.5 Å². The van der Waals surface area contributed by atoms with Crippen molar-refractivity contribution in [3.8, 4) is 11.1 Å². The number of pyridine rings is 1. The minimum absolute atomic E-state index is 0.0193. The third-order valence-corrected chi connectivity index (χ3v) is 5.09. The fraction of sp³-hybridized carbons (Fsp3) is 0.519. The number of hydrogen-bond acceptors (Lipinski definition) is 5. The average Bonchev–Trinajstić information content (AvgIpc) is 2.67. The zero-order chi connectivity index (χ0) is 25.0. The number of alkyl carbamates (subject to hydrolysis) is 1. The van der Waals surface area contributed by atoms with Crippen LogP contribution >= 0.6 is 0 Å². The highest BCUT2D eigenvalue weighted by Crippen LogP contribution is 2.34. The van der Waals surface area contributed by atoms with Gasteiger partial charge in [-0.2, -0.15) is 0 Å². The van der Waals surface area contributed by atoms with Crippen molar-refractivity contribution in [3.05, 3.63) is 52.3 Å². The van der Waals surface area contributed by atoms with Crippen molar-refractivity contribution in [1.82, 2.24) is 10.3 Å². The van der Waals surface area contributed by atoms with Gasteiger partial charge in [-0.1, -0.05) is 50.6 Å². The number of benzene rings is 1. The molecule has 2 rings (SSSR count). The van der Waals surface area contributed by atoms with Crippen LogP contribution in [0.3, 0.4) is 0 Å². The van der Waals surface area contributed by atoms with Crippen LogP contribution in [-0.2, 0) is 33.7 Å². The van der Waals surface area contributed by atoms with Crippen LogP contribution in [0, 0.1) is 19.3 Å². The highest BCUT2D eigenvalue weighted by molar-refractivity contribution is 5.81. The van der Waals surface area contributed by atoms with Gasteiger partial charge >= 0.3 is 12.1 Å². The third kappa shape index (κ3) is 7.88. The molecule has 1 aromatic carbocycles. The molecule has 180 valence electrons. The van der Waals surface area contributed by atoms with E-state index in [-0.39, 0.29) is 24.3 Å². The van der Waals surface area contributed by atoms with Crippen LogP contribution in [0.25, 0.3) is 11.1 Å². The predicted molar refractivity (Wildman–Crippen MR) is 131 cm³/mol. The molecule has 0 aliphatic heterocycles. The van der Waals surface area contributed by atoms with E-state index in [0.717, 1.165) is 45.6 Å². The first kappa shape index (κ1) is 26.4. The van der Waals surface area contributed by atoms with Crippen molar-refractivity contribution in [3.63, 3.8) is 0 Å². The standard InChI is InChI=1S/C27H38N2O4/c1-17-10-12-19(13-11-17)24-20(14-23(30)32-9)18(2)29-22(15-26(3,4)5)21(24)16-28-25(31)33-27(6,7)8/h10-13H,14-16H2,1-9H3,(H,28,31). The first-order chi connectivity index (χ1) is 15.2. The van der Waals surface area contributed by atoms with Crippen molar-refractivity contribution in [2.45, 2.75) is 80.4 Å². The lowest BCUT2D eigenvalue weighted by Gasteiger charge is -2.25. The molecule has 6 heteroatoms. The monoisotopic (exact) mass is 454 g/mol. The number of amides is 1. The minimum Gasteiger partial charge on any atom is -0.469 e. The maximum Gasteiger partial charge on any atom is 0.407 e. The number of nitrogens with zero attached hydrogens (tertiary/aromatic N) is 1. The van der Waals surface area contributed by atoms with Crippen LogP contribution in [0.1, 0.15) is 69.6 Å². The molecule has 1 N–H and O–H groups in total. The Morgan fingerprint density at radius 3 is 2.09 bits per heavy atom. The second kappa shape index (κ2) is 10.4. The Hall–Kier alpha value is -2.89. The Labute approximate surface area is 198 Å². The van der Waals surface area contributed by atoms with E-state index in [1.807, 2.05) is 58.9 Å². The highest BCUT2D eigenvalue weighted by atomic mass is 16.6. The predicted octanol–water partition coefficient (Wildman–Crippen LogP) is 5.69. The second-order valence-electron chi connectivity index (χ2n) is 10.7. The van der Waals surface area contributed by atoms with E-state index in [4.69, 9.17) is 14.5 Å². The van der Waals surface area contributed by atoms with Crippen LogP contribution in [0.4, 0.5) is 4.79 Å². The summed E-state index contributed by atoms with van der Waals surface area (Å²) >= 11 is 0. The van der Waals surface area contributed by atoms with Gasteiger partial charge in [0.1, 0.15) is 5.60 Å². The molecule has 0 radical (unpaired) electrons. The molecular formula is C27H38N2O4. The van der Waals surface area contributed by atoms with E-state index in [1.54, 1.807) is 0 Å². The lowest BCUT2D eigenvalue weighted by molar-refractivity contribution is -0.139. The summed E-state index contributed by atoms with van der Waals surface area (Å²) in [6, 6.07) is 8.18. The number of esters is 1. The van der Waals surface area contributed by atoms with Gasteiger partial charge in [-0.3, -0.25) is 9.78 Å². The molecule has 6 nitrogen and oxygen atoms in total. The normalized spacial score (nSPS) is 11.8. The van der Waals surface area contributed by atoms with E-state index in [2.05, 4.69) is 26.1 Å². The fourth-order valence-corrected chi connectivity index (χ4v) is 3.66. The summed E-state index contributed by atoms with van der Waals surface area (Å²) in [5, 5.41) is 2.90. The fourth-order valence-electron chi connectivity index (χ4n) is 3.66. The molecule has 0 fully saturated rings. The lowest BCUT2D eigenvalue weighted by Crippen LogP contribution is -2.33. The number of nitrogens with one attached hydrogen (secondary N) is 1. The zero-order valence-corrected chi connectivity index (χ0v) is 21.5. The summed E-state index contributed by atoms with van der Waals surface area (Å²) in [6.45, 7) is 16.2. The van der Waals surface area contributed by atoms with Crippen LogP contribution < -0.4 is 5.32 Å². The number of aryl methyl sites for hydroxylation is 2. The largest absolute Gasteiger partial charge is 0.469 e. The summed E-state index contributed by atoms with van der Waals surface area (Å²) < 4.78 is 10.4. The van der Waals surface area contributed by atoms with Crippen LogP contribution in [0.15, 0.2) is 24.3 Å². The van der Waals surface area contributed by atoms with Gasteiger partial charge in [0.2, 0.25) is 0 Å². The zero-order valence-electron chi connectivity index (χ0n) is 21.5. The molecule has 0 spiro atoms. The average molecular weight is 455 g/mol. The van der Waals surface area contributed by atoms with Gasteiger partial charge in [-0.25, -0.2) is 4.79 Å². The summed E-state index contributed by atoms with van der Waals surface area (Å²) in [5.74, 6) is -0.331. The van der Waals surface area contributed by atoms with E-state index >= 15 is 0 Å². The van der Waals surface area contributed by atoms with Gasteiger partial charge in [0.25, 0.3) is 0 Å². The molecule has 1 heterocycles. The third-order valence-electron chi connectivity index (χ3n) is 5.09.